The number of rotatable bonds is 6. The van der Waals surface area contributed by atoms with E-state index >= 15 is 0 Å². The van der Waals surface area contributed by atoms with Crippen LogP contribution in [0.2, 0.25) is 0 Å². The first-order chi connectivity index (χ1) is 14.1. The van der Waals surface area contributed by atoms with Crippen LogP contribution in [0, 0.1) is 11.6 Å². The summed E-state index contributed by atoms with van der Waals surface area (Å²) >= 11 is 0. The second-order valence-corrected chi connectivity index (χ2v) is 6.59. The number of carbonyl (C=O) groups excluding carboxylic acids is 1. The smallest absolute Gasteiger partial charge is 0.352 e. The van der Waals surface area contributed by atoms with Crippen molar-refractivity contribution in [2.75, 3.05) is 20.6 Å². The topological polar surface area (TPSA) is 56.7 Å². The van der Waals surface area contributed by atoms with Crippen LogP contribution in [-0.2, 0) is 24.1 Å². The second-order valence-electron chi connectivity index (χ2n) is 6.59. The lowest BCUT2D eigenvalue weighted by molar-refractivity contribution is -0.137. The highest BCUT2D eigenvalue weighted by Gasteiger charge is 2.30. The quantitative estimate of drug-likeness (QED) is 0.422. The minimum absolute atomic E-state index is 0.0301. The molecule has 2 N–H and O–H groups in total. The van der Waals surface area contributed by atoms with E-state index in [1.54, 1.807) is 14.1 Å². The van der Waals surface area contributed by atoms with Gasteiger partial charge >= 0.3 is 6.18 Å². The fraction of sp³-hybridized carbons (Fsp3) is 0.300. The van der Waals surface area contributed by atoms with Gasteiger partial charge in [0, 0.05) is 26.2 Å². The maximum absolute atomic E-state index is 13.8. The number of amides is 1. The Kier molecular flexibility index (Phi) is 7.73. The molecule has 5 nitrogen and oxygen atoms in total. The van der Waals surface area contributed by atoms with Gasteiger partial charge in [-0.05, 0) is 35.9 Å². The fourth-order valence-electron chi connectivity index (χ4n) is 2.37. The van der Waals surface area contributed by atoms with Crippen LogP contribution in [0.4, 0.5) is 22.0 Å². The number of alkyl halides is 3. The maximum atomic E-state index is 13.8. The van der Waals surface area contributed by atoms with Crippen molar-refractivity contribution in [3.8, 4) is 0 Å². The molecule has 0 aliphatic rings. The lowest BCUT2D eigenvalue weighted by Gasteiger charge is -2.15. The number of carbonyl (C=O) groups is 1. The molecule has 0 aliphatic heterocycles. The zero-order valence-corrected chi connectivity index (χ0v) is 16.4. The minimum atomic E-state index is -4.48. The Bertz CT molecular complexity index is 912. The van der Waals surface area contributed by atoms with Gasteiger partial charge in [0.25, 0.3) is 0 Å². The summed E-state index contributed by atoms with van der Waals surface area (Å²) in [6.45, 7) is -0.414. The molecule has 0 saturated heterocycles. The molecule has 0 saturated carbocycles. The van der Waals surface area contributed by atoms with Crippen molar-refractivity contribution < 1.29 is 26.7 Å². The van der Waals surface area contributed by atoms with Crippen LogP contribution >= 0.6 is 0 Å². The van der Waals surface area contributed by atoms with Crippen LogP contribution < -0.4 is 10.6 Å². The molecule has 0 bridgehead atoms. The first kappa shape index (κ1) is 23.1. The predicted octanol–water partition coefficient (Wildman–Crippen LogP) is 3.31. The largest absolute Gasteiger partial charge is 0.416 e. The number of guanidine groups is 1. The zero-order chi connectivity index (χ0) is 22.3. The molecular formula is C20H21F5N4O. The molecule has 2 aromatic carbocycles. The van der Waals surface area contributed by atoms with E-state index in [1.807, 2.05) is 0 Å². The number of likely N-dealkylation sites (N-methyl/N-ethyl adjacent to an activating group) is 1. The summed E-state index contributed by atoms with van der Waals surface area (Å²) in [7, 11) is 3.11. The molecule has 2 rings (SSSR count). The van der Waals surface area contributed by atoms with E-state index < -0.39 is 23.4 Å². The van der Waals surface area contributed by atoms with Gasteiger partial charge in [-0.3, -0.25) is 4.79 Å². The van der Waals surface area contributed by atoms with Crippen LogP contribution in [0.15, 0.2) is 47.5 Å². The van der Waals surface area contributed by atoms with Crippen molar-refractivity contribution in [1.82, 2.24) is 15.5 Å². The highest BCUT2D eigenvalue weighted by molar-refractivity contribution is 5.86. The summed E-state index contributed by atoms with van der Waals surface area (Å²) in [5.74, 6) is -1.47. The number of hydrogen-bond acceptors (Lipinski definition) is 2. The number of nitrogens with zero attached hydrogens (tertiary/aromatic N) is 2. The van der Waals surface area contributed by atoms with Crippen LogP contribution in [-0.4, -0.2) is 37.4 Å². The predicted molar refractivity (Wildman–Crippen MR) is 102 cm³/mol. The van der Waals surface area contributed by atoms with Crippen LogP contribution in [0.3, 0.4) is 0 Å². The van der Waals surface area contributed by atoms with Gasteiger partial charge in [0.2, 0.25) is 5.91 Å². The van der Waals surface area contributed by atoms with Crippen molar-refractivity contribution in [1.29, 1.82) is 0 Å². The standard InChI is InChI=1S/C20H21F5N4O/c1-29(2)18(30)12-28-19(27-11-14-9-16(21)6-7-17(14)22)26-10-13-4-3-5-15(8-13)20(23,24)25/h3-9H,10-12H2,1-2H3,(H2,26,27,28). The summed E-state index contributed by atoms with van der Waals surface area (Å²) in [6, 6.07) is 7.65. The summed E-state index contributed by atoms with van der Waals surface area (Å²) in [6.07, 6.45) is -4.48. The monoisotopic (exact) mass is 428 g/mol. The van der Waals surface area contributed by atoms with Gasteiger partial charge in [-0.2, -0.15) is 13.2 Å². The zero-order valence-electron chi connectivity index (χ0n) is 16.4. The molecule has 0 atom stereocenters. The van der Waals surface area contributed by atoms with Gasteiger partial charge in [0.1, 0.15) is 11.6 Å². The summed E-state index contributed by atoms with van der Waals surface area (Å²) in [5, 5.41) is 5.48. The van der Waals surface area contributed by atoms with Gasteiger partial charge in [-0.15, -0.1) is 0 Å². The van der Waals surface area contributed by atoms with Crippen molar-refractivity contribution >= 4 is 11.9 Å². The molecule has 0 radical (unpaired) electrons. The molecule has 0 aliphatic carbocycles. The van der Waals surface area contributed by atoms with E-state index in [9.17, 15) is 26.7 Å². The minimum Gasteiger partial charge on any atom is -0.352 e. The molecule has 0 unspecified atom stereocenters. The molecule has 1 amide bonds. The van der Waals surface area contributed by atoms with Gasteiger partial charge in [0.15, 0.2) is 5.96 Å². The summed E-state index contributed by atoms with van der Waals surface area (Å²) in [5.41, 5.74) is -0.480. The molecule has 2 aromatic rings. The summed E-state index contributed by atoms with van der Waals surface area (Å²) < 4.78 is 65.7. The van der Waals surface area contributed by atoms with E-state index in [1.165, 1.54) is 17.0 Å². The average molecular weight is 428 g/mol. The Balaban J connectivity index is 2.15. The molecule has 0 aromatic heterocycles. The molecule has 0 heterocycles. The number of nitrogens with one attached hydrogen (secondary N) is 2. The molecule has 30 heavy (non-hydrogen) atoms. The third kappa shape index (κ3) is 7.02. The van der Waals surface area contributed by atoms with E-state index in [-0.39, 0.29) is 37.1 Å². The van der Waals surface area contributed by atoms with Gasteiger partial charge in [0.05, 0.1) is 18.7 Å². The Morgan fingerprint density at radius 2 is 1.80 bits per heavy atom. The van der Waals surface area contributed by atoms with Crippen molar-refractivity contribution in [3.63, 3.8) is 0 Å². The molecule has 0 fully saturated rings. The lowest BCUT2D eigenvalue weighted by atomic mass is 10.1. The van der Waals surface area contributed by atoms with Crippen molar-refractivity contribution in [2.24, 2.45) is 4.99 Å². The van der Waals surface area contributed by atoms with Crippen LogP contribution in [0.1, 0.15) is 16.7 Å². The third-order valence-corrected chi connectivity index (χ3v) is 4.03. The Morgan fingerprint density at radius 1 is 1.07 bits per heavy atom. The van der Waals surface area contributed by atoms with Crippen LogP contribution in [0.25, 0.3) is 0 Å². The second kappa shape index (κ2) is 10.0. The van der Waals surface area contributed by atoms with Crippen molar-refractivity contribution in [3.05, 3.63) is 70.8 Å². The summed E-state index contributed by atoms with van der Waals surface area (Å²) in [4.78, 5) is 17.3. The fourth-order valence-corrected chi connectivity index (χ4v) is 2.37. The van der Waals surface area contributed by atoms with E-state index in [4.69, 9.17) is 0 Å². The Labute approximate surface area is 170 Å². The highest BCUT2D eigenvalue weighted by Crippen LogP contribution is 2.29. The number of benzene rings is 2. The Hall–Kier alpha value is -3.17. The lowest BCUT2D eigenvalue weighted by Crippen LogP contribution is -2.42. The Morgan fingerprint density at radius 3 is 2.47 bits per heavy atom. The van der Waals surface area contributed by atoms with E-state index in [0.717, 1.165) is 30.3 Å². The third-order valence-electron chi connectivity index (χ3n) is 4.03. The van der Waals surface area contributed by atoms with E-state index in [2.05, 4.69) is 15.6 Å². The number of halogens is 5. The molecule has 10 heteroatoms. The first-order valence-electron chi connectivity index (χ1n) is 8.88. The SMILES string of the molecule is CN(C)C(=O)CNC(=NCc1cccc(C(F)(F)F)c1)NCc1cc(F)ccc1F. The van der Waals surface area contributed by atoms with E-state index in [0.29, 0.717) is 5.56 Å². The molecule has 162 valence electrons. The molecular weight excluding hydrogens is 407 g/mol. The first-order valence-corrected chi connectivity index (χ1v) is 8.88. The molecule has 0 spiro atoms. The highest BCUT2D eigenvalue weighted by atomic mass is 19.4. The number of aliphatic imine (C=N–C) groups is 1. The maximum Gasteiger partial charge on any atom is 0.416 e. The van der Waals surface area contributed by atoms with Gasteiger partial charge < -0.3 is 15.5 Å². The van der Waals surface area contributed by atoms with Crippen molar-refractivity contribution in [2.45, 2.75) is 19.3 Å². The normalized spacial score (nSPS) is 11.9. The number of hydrogen-bond donors (Lipinski definition) is 2. The van der Waals surface area contributed by atoms with Crippen LogP contribution in [0.5, 0.6) is 0 Å². The average Bonchev–Trinajstić information content (AvgIpc) is 2.69. The van der Waals surface area contributed by atoms with Gasteiger partial charge in [-0.1, -0.05) is 12.1 Å². The van der Waals surface area contributed by atoms with Gasteiger partial charge in [-0.25, -0.2) is 13.8 Å².